The van der Waals surface area contributed by atoms with Crippen LogP contribution in [0.15, 0.2) is 46.5 Å². The van der Waals surface area contributed by atoms with Gasteiger partial charge in [-0.1, -0.05) is 12.1 Å². The van der Waals surface area contributed by atoms with Crippen LogP contribution < -0.4 is 10.6 Å². The molecule has 1 aromatic carbocycles. The molecular formula is C15H10N2O4S. The first-order valence-electron chi connectivity index (χ1n) is 6.30. The van der Waals surface area contributed by atoms with Gasteiger partial charge >= 0.3 is 5.97 Å². The van der Waals surface area contributed by atoms with E-state index in [2.05, 4.69) is 10.6 Å². The van der Waals surface area contributed by atoms with Gasteiger partial charge in [0, 0.05) is 11.6 Å². The summed E-state index contributed by atoms with van der Waals surface area (Å²) in [6.07, 6.45) is 1.55. The van der Waals surface area contributed by atoms with E-state index in [4.69, 9.17) is 21.7 Å². The van der Waals surface area contributed by atoms with Gasteiger partial charge in [-0.2, -0.15) is 0 Å². The van der Waals surface area contributed by atoms with Crippen molar-refractivity contribution in [3.05, 3.63) is 53.4 Å². The van der Waals surface area contributed by atoms with Crippen molar-refractivity contribution in [3.63, 3.8) is 0 Å². The predicted molar refractivity (Wildman–Crippen MR) is 83.0 cm³/mol. The number of aromatic carboxylic acids is 1. The fourth-order valence-electron chi connectivity index (χ4n) is 1.99. The number of carbonyl (C=O) groups is 2. The van der Waals surface area contributed by atoms with Crippen LogP contribution in [0, 0.1) is 0 Å². The predicted octanol–water partition coefficient (Wildman–Crippen LogP) is 1.99. The molecule has 1 aliphatic heterocycles. The molecule has 7 heteroatoms. The summed E-state index contributed by atoms with van der Waals surface area (Å²) in [6.45, 7) is 0. The van der Waals surface area contributed by atoms with E-state index in [-0.39, 0.29) is 16.6 Å². The molecule has 1 fully saturated rings. The van der Waals surface area contributed by atoms with Gasteiger partial charge in [0.15, 0.2) is 5.11 Å². The summed E-state index contributed by atoms with van der Waals surface area (Å²) in [6, 6.07) is 9.78. The van der Waals surface area contributed by atoms with Crippen LogP contribution in [-0.4, -0.2) is 22.1 Å². The number of amides is 1. The molecule has 22 heavy (non-hydrogen) atoms. The SMILES string of the molecule is O=C1NC(=S)N/C1=C\c1ccc(-c2ccc(C(=O)O)cc2)o1. The summed E-state index contributed by atoms with van der Waals surface area (Å²) in [5, 5.41) is 14.3. The van der Waals surface area contributed by atoms with E-state index in [0.717, 1.165) is 5.56 Å². The number of rotatable bonds is 3. The fourth-order valence-corrected chi connectivity index (χ4v) is 2.19. The van der Waals surface area contributed by atoms with Crippen LogP contribution >= 0.6 is 12.2 Å². The molecule has 110 valence electrons. The standard InChI is InChI=1S/C15H10N2O4S/c18-13-11(16-15(22)17-13)7-10-5-6-12(21-10)8-1-3-9(4-2-8)14(19)20/h1-7H,(H,19,20)(H2,16,17,18,22)/b11-7-. The second-order valence-corrected chi connectivity index (χ2v) is 4.96. The molecule has 0 aliphatic carbocycles. The molecule has 3 N–H and O–H groups in total. The minimum atomic E-state index is -0.981. The van der Waals surface area contributed by atoms with Gasteiger partial charge in [0.05, 0.1) is 5.56 Å². The zero-order valence-corrected chi connectivity index (χ0v) is 11.9. The molecule has 3 rings (SSSR count). The Morgan fingerprint density at radius 3 is 2.45 bits per heavy atom. The highest BCUT2D eigenvalue weighted by molar-refractivity contribution is 7.80. The van der Waals surface area contributed by atoms with E-state index in [1.165, 1.54) is 12.1 Å². The van der Waals surface area contributed by atoms with Crippen LogP contribution in [0.4, 0.5) is 0 Å². The van der Waals surface area contributed by atoms with Gasteiger partial charge in [0.2, 0.25) is 0 Å². The maximum absolute atomic E-state index is 11.5. The molecule has 1 saturated heterocycles. The average Bonchev–Trinajstić information content (AvgIpc) is 3.06. The van der Waals surface area contributed by atoms with Crippen molar-refractivity contribution in [1.29, 1.82) is 0 Å². The molecule has 2 aromatic rings. The number of nitrogens with one attached hydrogen (secondary N) is 2. The first kappa shape index (κ1) is 14.0. The zero-order valence-electron chi connectivity index (χ0n) is 11.1. The molecule has 0 saturated carbocycles. The smallest absolute Gasteiger partial charge is 0.335 e. The number of hydrogen-bond acceptors (Lipinski definition) is 4. The number of hydrogen-bond donors (Lipinski definition) is 3. The number of carboxylic acids is 1. The van der Waals surface area contributed by atoms with Gasteiger partial charge in [-0.15, -0.1) is 0 Å². The highest BCUT2D eigenvalue weighted by Gasteiger charge is 2.20. The van der Waals surface area contributed by atoms with Gasteiger partial charge in [-0.05, 0) is 36.5 Å². The molecule has 0 spiro atoms. The number of thiocarbonyl (C=S) groups is 1. The Morgan fingerprint density at radius 1 is 1.14 bits per heavy atom. The second kappa shape index (κ2) is 5.45. The van der Waals surface area contributed by atoms with Gasteiger partial charge in [-0.25, -0.2) is 4.79 Å². The van der Waals surface area contributed by atoms with Gasteiger partial charge in [0.1, 0.15) is 17.2 Å². The third-order valence-corrected chi connectivity index (χ3v) is 3.25. The first-order valence-corrected chi connectivity index (χ1v) is 6.71. The lowest BCUT2D eigenvalue weighted by Gasteiger charge is -1.98. The van der Waals surface area contributed by atoms with E-state index < -0.39 is 5.97 Å². The molecular weight excluding hydrogens is 304 g/mol. The lowest BCUT2D eigenvalue weighted by molar-refractivity contribution is -0.115. The highest BCUT2D eigenvalue weighted by atomic mass is 32.1. The Balaban J connectivity index is 1.85. The van der Waals surface area contributed by atoms with Crippen molar-refractivity contribution in [2.75, 3.05) is 0 Å². The molecule has 6 nitrogen and oxygen atoms in total. The van der Waals surface area contributed by atoms with Crippen molar-refractivity contribution < 1.29 is 19.1 Å². The summed E-state index contributed by atoms with van der Waals surface area (Å²) in [5.41, 5.74) is 1.26. The van der Waals surface area contributed by atoms with Crippen LogP contribution in [0.3, 0.4) is 0 Å². The second-order valence-electron chi connectivity index (χ2n) is 4.55. The Kier molecular flexibility index (Phi) is 3.48. The molecule has 0 atom stereocenters. The van der Waals surface area contributed by atoms with Gasteiger partial charge in [0.25, 0.3) is 5.91 Å². The van der Waals surface area contributed by atoms with Crippen molar-refractivity contribution in [1.82, 2.24) is 10.6 Å². The maximum atomic E-state index is 11.5. The van der Waals surface area contributed by atoms with E-state index in [1.807, 2.05) is 0 Å². The minimum absolute atomic E-state index is 0.206. The molecule has 0 unspecified atom stereocenters. The normalized spacial score (nSPS) is 15.7. The number of furan rings is 1. The molecule has 0 radical (unpaired) electrons. The summed E-state index contributed by atoms with van der Waals surface area (Å²) >= 11 is 4.84. The summed E-state index contributed by atoms with van der Waals surface area (Å²) in [7, 11) is 0. The zero-order chi connectivity index (χ0) is 15.7. The first-order chi connectivity index (χ1) is 10.5. The number of carboxylic acid groups (broad SMARTS) is 1. The monoisotopic (exact) mass is 314 g/mol. The van der Waals surface area contributed by atoms with Gasteiger partial charge < -0.3 is 14.8 Å². The summed E-state index contributed by atoms with van der Waals surface area (Å²) in [4.78, 5) is 22.4. The quantitative estimate of drug-likeness (QED) is 0.593. The lowest BCUT2D eigenvalue weighted by Crippen LogP contribution is -2.21. The van der Waals surface area contributed by atoms with Crippen molar-refractivity contribution in [2.45, 2.75) is 0 Å². The third kappa shape index (κ3) is 2.75. The Labute approximate surface area is 130 Å². The molecule has 1 aromatic heterocycles. The molecule has 2 heterocycles. The summed E-state index contributed by atoms with van der Waals surface area (Å²) in [5.74, 6) is -0.233. The van der Waals surface area contributed by atoms with E-state index in [0.29, 0.717) is 17.2 Å². The van der Waals surface area contributed by atoms with Crippen LogP contribution in [-0.2, 0) is 4.79 Å². The van der Waals surface area contributed by atoms with E-state index in [9.17, 15) is 9.59 Å². The van der Waals surface area contributed by atoms with Crippen molar-refractivity contribution in [3.8, 4) is 11.3 Å². The largest absolute Gasteiger partial charge is 0.478 e. The molecule has 0 bridgehead atoms. The topological polar surface area (TPSA) is 91.6 Å². The highest BCUT2D eigenvalue weighted by Crippen LogP contribution is 2.24. The lowest BCUT2D eigenvalue weighted by atomic mass is 10.1. The summed E-state index contributed by atoms with van der Waals surface area (Å²) < 4.78 is 5.63. The Bertz CT molecular complexity index is 805. The van der Waals surface area contributed by atoms with Crippen LogP contribution in [0.25, 0.3) is 17.4 Å². The Hall–Kier alpha value is -2.93. The maximum Gasteiger partial charge on any atom is 0.335 e. The van der Waals surface area contributed by atoms with E-state index in [1.54, 1.807) is 30.3 Å². The Morgan fingerprint density at radius 2 is 1.86 bits per heavy atom. The fraction of sp³-hybridized carbons (Fsp3) is 0. The third-order valence-electron chi connectivity index (χ3n) is 3.05. The molecule has 1 aliphatic rings. The van der Waals surface area contributed by atoms with Crippen LogP contribution in [0.2, 0.25) is 0 Å². The van der Waals surface area contributed by atoms with Crippen LogP contribution in [0.5, 0.6) is 0 Å². The van der Waals surface area contributed by atoms with Gasteiger partial charge in [-0.3, -0.25) is 10.1 Å². The van der Waals surface area contributed by atoms with Crippen LogP contribution in [0.1, 0.15) is 16.1 Å². The van der Waals surface area contributed by atoms with Crippen molar-refractivity contribution in [2.24, 2.45) is 0 Å². The number of carbonyl (C=O) groups excluding carboxylic acids is 1. The number of benzene rings is 1. The van der Waals surface area contributed by atoms with E-state index >= 15 is 0 Å². The average molecular weight is 314 g/mol. The molecule has 1 amide bonds. The minimum Gasteiger partial charge on any atom is -0.478 e. The van der Waals surface area contributed by atoms with Crippen molar-refractivity contribution >= 4 is 35.3 Å².